The van der Waals surface area contributed by atoms with E-state index in [1.807, 2.05) is 6.08 Å². The van der Waals surface area contributed by atoms with Crippen molar-refractivity contribution < 1.29 is 23.5 Å². The van der Waals surface area contributed by atoms with Gasteiger partial charge in [-0.05, 0) is 48.0 Å². The quantitative estimate of drug-likeness (QED) is 0.466. The fourth-order valence-corrected chi connectivity index (χ4v) is 1.82. The molecule has 4 nitrogen and oxygen atoms in total. The molecule has 23 heavy (non-hydrogen) atoms. The first kappa shape index (κ1) is 16.4. The smallest absolute Gasteiger partial charge is 0.379 e. The van der Waals surface area contributed by atoms with Gasteiger partial charge in [-0.25, -0.2) is 9.18 Å². The van der Waals surface area contributed by atoms with Crippen LogP contribution in [0.25, 0.3) is 6.08 Å². The van der Waals surface area contributed by atoms with Crippen molar-refractivity contribution in [2.75, 3.05) is 13.7 Å². The fourth-order valence-electron chi connectivity index (χ4n) is 1.82. The monoisotopic (exact) mass is 314 g/mol. The van der Waals surface area contributed by atoms with Gasteiger partial charge in [0.25, 0.3) is 5.78 Å². The molecule has 0 aliphatic heterocycles. The highest BCUT2D eigenvalue weighted by Crippen LogP contribution is 2.13. The summed E-state index contributed by atoms with van der Waals surface area (Å²) < 4.78 is 22.6. The molecule has 0 saturated carbocycles. The first-order valence-corrected chi connectivity index (χ1v) is 6.88. The van der Waals surface area contributed by atoms with Crippen molar-refractivity contribution in [1.82, 2.24) is 0 Å². The topological polar surface area (TPSA) is 52.6 Å². The summed E-state index contributed by atoms with van der Waals surface area (Å²) in [4.78, 5) is 22.7. The predicted octanol–water partition coefficient (Wildman–Crippen LogP) is 3.27. The first-order chi connectivity index (χ1) is 11.1. The summed E-state index contributed by atoms with van der Waals surface area (Å²) in [5.74, 6) is -1.31. The van der Waals surface area contributed by atoms with Gasteiger partial charge in [-0.3, -0.25) is 4.79 Å². The zero-order valence-electron chi connectivity index (χ0n) is 12.5. The number of hydrogen-bond acceptors (Lipinski definition) is 4. The molecule has 0 saturated heterocycles. The molecule has 0 atom stereocenters. The molecule has 0 aliphatic carbocycles. The Kier molecular flexibility index (Phi) is 5.63. The van der Waals surface area contributed by atoms with E-state index in [1.54, 1.807) is 30.3 Å². The number of Topliss-reactive ketones (excluding diaryl/α,β-unsaturated/α-hetero) is 1. The van der Waals surface area contributed by atoms with Crippen LogP contribution < -0.4 is 4.74 Å². The summed E-state index contributed by atoms with van der Waals surface area (Å²) in [6.07, 6.45) is 3.61. The Morgan fingerprint density at radius 1 is 1.04 bits per heavy atom. The number of halogens is 1. The molecule has 0 heterocycles. The molecule has 118 valence electrons. The van der Waals surface area contributed by atoms with Crippen LogP contribution in [0.1, 0.15) is 15.9 Å². The molecule has 2 aromatic carbocycles. The lowest BCUT2D eigenvalue weighted by atomic mass is 10.1. The van der Waals surface area contributed by atoms with Crippen LogP contribution in [0.5, 0.6) is 5.75 Å². The largest absolute Gasteiger partial charge is 0.490 e. The molecular formula is C18H15FO4. The fraction of sp³-hybridized carbons (Fsp3) is 0.111. The van der Waals surface area contributed by atoms with Gasteiger partial charge in [0.15, 0.2) is 0 Å². The van der Waals surface area contributed by atoms with Gasteiger partial charge in [0.05, 0.1) is 7.11 Å². The summed E-state index contributed by atoms with van der Waals surface area (Å²) in [7, 11) is 1.16. The molecule has 0 bridgehead atoms. The molecule has 0 amide bonds. The number of benzene rings is 2. The minimum Gasteiger partial charge on any atom is -0.490 e. The number of ketones is 1. The van der Waals surface area contributed by atoms with Gasteiger partial charge in [0.1, 0.15) is 18.2 Å². The molecule has 0 fully saturated rings. The van der Waals surface area contributed by atoms with Gasteiger partial charge < -0.3 is 9.47 Å². The lowest BCUT2D eigenvalue weighted by Gasteiger charge is -2.04. The number of methoxy groups -OCH3 is 1. The van der Waals surface area contributed by atoms with Crippen LogP contribution in [0.2, 0.25) is 0 Å². The second kappa shape index (κ2) is 7.89. The van der Waals surface area contributed by atoms with Crippen molar-refractivity contribution >= 4 is 17.8 Å². The number of hydrogen-bond donors (Lipinski definition) is 0. The average molecular weight is 314 g/mol. The molecule has 0 radical (unpaired) electrons. The number of rotatable bonds is 6. The number of esters is 1. The van der Waals surface area contributed by atoms with Crippen molar-refractivity contribution in [1.29, 1.82) is 0 Å². The zero-order valence-corrected chi connectivity index (χ0v) is 12.5. The van der Waals surface area contributed by atoms with E-state index in [-0.39, 0.29) is 11.4 Å². The Bertz CT molecular complexity index is 703. The molecule has 2 rings (SSSR count). The van der Waals surface area contributed by atoms with Crippen LogP contribution in [0, 0.1) is 5.82 Å². The van der Waals surface area contributed by atoms with E-state index in [0.717, 1.165) is 12.7 Å². The van der Waals surface area contributed by atoms with E-state index in [2.05, 4.69) is 4.74 Å². The van der Waals surface area contributed by atoms with Crippen molar-refractivity contribution in [3.8, 4) is 5.75 Å². The zero-order chi connectivity index (χ0) is 16.7. The van der Waals surface area contributed by atoms with Crippen molar-refractivity contribution in [2.45, 2.75) is 0 Å². The SMILES string of the molecule is COC(=O)C(=O)c1ccc(OCC=Cc2ccc(F)cc2)cc1. The Balaban J connectivity index is 1.88. The minimum absolute atomic E-state index is 0.242. The first-order valence-electron chi connectivity index (χ1n) is 6.88. The minimum atomic E-state index is -0.902. The molecule has 0 unspecified atom stereocenters. The van der Waals surface area contributed by atoms with Crippen LogP contribution in [0.15, 0.2) is 54.6 Å². The molecule has 0 N–H and O–H groups in total. The Morgan fingerprint density at radius 3 is 2.30 bits per heavy atom. The van der Waals surface area contributed by atoms with E-state index in [9.17, 15) is 14.0 Å². The molecule has 0 aliphatic rings. The molecule has 0 spiro atoms. The Labute approximate surface area is 133 Å². The van der Waals surface area contributed by atoms with Crippen molar-refractivity contribution in [3.05, 3.63) is 71.6 Å². The lowest BCUT2D eigenvalue weighted by Crippen LogP contribution is -2.15. The summed E-state index contributed by atoms with van der Waals surface area (Å²) >= 11 is 0. The maximum Gasteiger partial charge on any atom is 0.379 e. The maximum absolute atomic E-state index is 12.8. The van der Waals surface area contributed by atoms with Crippen LogP contribution in [0.4, 0.5) is 4.39 Å². The third-order valence-electron chi connectivity index (χ3n) is 3.01. The Morgan fingerprint density at radius 2 is 1.70 bits per heavy atom. The van der Waals surface area contributed by atoms with E-state index in [4.69, 9.17) is 4.74 Å². The number of carbonyl (C=O) groups excluding carboxylic acids is 2. The Hall–Kier alpha value is -2.95. The highest BCUT2D eigenvalue weighted by Gasteiger charge is 2.16. The van der Waals surface area contributed by atoms with Gasteiger partial charge in [0, 0.05) is 5.56 Å². The van der Waals surface area contributed by atoms with Crippen LogP contribution in [-0.2, 0) is 9.53 Å². The van der Waals surface area contributed by atoms with Crippen molar-refractivity contribution in [3.63, 3.8) is 0 Å². The molecule has 2 aromatic rings. The summed E-state index contributed by atoms with van der Waals surface area (Å²) in [5.41, 5.74) is 1.11. The highest BCUT2D eigenvalue weighted by molar-refractivity contribution is 6.40. The predicted molar refractivity (Wildman–Crippen MR) is 83.7 cm³/mol. The van der Waals surface area contributed by atoms with E-state index < -0.39 is 11.8 Å². The van der Waals surface area contributed by atoms with E-state index in [0.29, 0.717) is 12.4 Å². The van der Waals surface area contributed by atoms with Gasteiger partial charge in [0.2, 0.25) is 0 Å². The average Bonchev–Trinajstić information content (AvgIpc) is 2.59. The lowest BCUT2D eigenvalue weighted by molar-refractivity contribution is -0.135. The summed E-state index contributed by atoms with van der Waals surface area (Å²) in [6.45, 7) is 0.321. The van der Waals surface area contributed by atoms with Gasteiger partial charge in [-0.2, -0.15) is 0 Å². The third kappa shape index (κ3) is 4.78. The van der Waals surface area contributed by atoms with Gasteiger partial charge in [-0.1, -0.05) is 18.2 Å². The van der Waals surface area contributed by atoms with Crippen LogP contribution in [-0.4, -0.2) is 25.5 Å². The number of ether oxygens (including phenoxy) is 2. The van der Waals surface area contributed by atoms with E-state index in [1.165, 1.54) is 24.3 Å². The second-order valence-corrected chi connectivity index (χ2v) is 4.61. The van der Waals surface area contributed by atoms with Crippen LogP contribution in [0.3, 0.4) is 0 Å². The second-order valence-electron chi connectivity index (χ2n) is 4.61. The summed E-state index contributed by atoms with van der Waals surface area (Å²) in [6, 6.07) is 12.3. The molecule has 0 aromatic heterocycles. The third-order valence-corrected chi connectivity index (χ3v) is 3.01. The summed E-state index contributed by atoms with van der Waals surface area (Å²) in [5, 5.41) is 0. The van der Waals surface area contributed by atoms with Crippen LogP contribution >= 0.6 is 0 Å². The van der Waals surface area contributed by atoms with E-state index >= 15 is 0 Å². The normalized spacial score (nSPS) is 10.5. The maximum atomic E-state index is 12.8. The van der Waals surface area contributed by atoms with Gasteiger partial charge >= 0.3 is 5.97 Å². The standard InChI is InChI=1S/C18H15FO4/c1-22-18(21)17(20)14-6-10-16(11-7-14)23-12-2-3-13-4-8-15(19)9-5-13/h2-11H,12H2,1H3. The van der Waals surface area contributed by atoms with Crippen molar-refractivity contribution in [2.24, 2.45) is 0 Å². The molecule has 5 heteroatoms. The molecular weight excluding hydrogens is 299 g/mol. The van der Waals surface area contributed by atoms with Gasteiger partial charge in [-0.15, -0.1) is 0 Å². The highest BCUT2D eigenvalue weighted by atomic mass is 19.1. The number of carbonyl (C=O) groups is 2.